The number of benzene rings is 3. The smallest absolute Gasteiger partial charge is 0.270 e. The second-order valence-corrected chi connectivity index (χ2v) is 7.08. The van der Waals surface area contributed by atoms with Gasteiger partial charge in [0.05, 0.1) is 11.0 Å². The molecule has 5 nitrogen and oxygen atoms in total. The van der Waals surface area contributed by atoms with Crippen LogP contribution in [0, 0.1) is 16.0 Å². The lowest BCUT2D eigenvalue weighted by molar-refractivity contribution is -0.384. The number of hydrogen-bond donors (Lipinski definition) is 0. The standard InChI is InChI=1S/C23H20N2O3/c1-16-22(18-10-6-3-7-11-18)24(15-17-8-4-2-5-9-17)21-13-12-19(25(27)28)14-20(21)23(16)26/h2-14,16,22H,15H2,1H3/t16-,22-/m0/s1. The van der Waals surface area contributed by atoms with Gasteiger partial charge in [-0.25, -0.2) is 0 Å². The number of nitrogens with zero attached hydrogens (tertiary/aromatic N) is 2. The SMILES string of the molecule is C[C@@H]1C(=O)c2cc([N+](=O)[O-])ccc2N(Cc2ccccc2)[C@@H]1c1ccccc1. The topological polar surface area (TPSA) is 63.4 Å². The summed E-state index contributed by atoms with van der Waals surface area (Å²) in [6.07, 6.45) is 0. The number of carbonyl (C=O) groups excluding carboxylic acids is 1. The zero-order chi connectivity index (χ0) is 19.7. The lowest BCUT2D eigenvalue weighted by Crippen LogP contribution is -2.40. The van der Waals surface area contributed by atoms with Crippen molar-refractivity contribution < 1.29 is 9.72 Å². The maximum absolute atomic E-state index is 13.1. The zero-order valence-electron chi connectivity index (χ0n) is 15.5. The average Bonchev–Trinajstić information content (AvgIpc) is 2.73. The van der Waals surface area contributed by atoms with Gasteiger partial charge in [-0.3, -0.25) is 14.9 Å². The number of ketones is 1. The van der Waals surface area contributed by atoms with E-state index in [1.54, 1.807) is 6.07 Å². The molecule has 0 aliphatic carbocycles. The molecule has 3 aromatic rings. The van der Waals surface area contributed by atoms with Gasteiger partial charge in [0.25, 0.3) is 5.69 Å². The van der Waals surface area contributed by atoms with Crippen LogP contribution in [-0.2, 0) is 6.54 Å². The van der Waals surface area contributed by atoms with Crippen LogP contribution in [0.5, 0.6) is 0 Å². The van der Waals surface area contributed by atoms with E-state index in [1.807, 2.05) is 67.6 Å². The first-order valence-electron chi connectivity index (χ1n) is 9.24. The van der Waals surface area contributed by atoms with Crippen molar-refractivity contribution in [3.63, 3.8) is 0 Å². The molecule has 28 heavy (non-hydrogen) atoms. The number of hydrogen-bond acceptors (Lipinski definition) is 4. The summed E-state index contributed by atoms with van der Waals surface area (Å²) in [7, 11) is 0. The molecule has 0 unspecified atom stereocenters. The Hall–Kier alpha value is -3.47. The van der Waals surface area contributed by atoms with E-state index in [4.69, 9.17) is 0 Å². The number of carbonyl (C=O) groups is 1. The van der Waals surface area contributed by atoms with Crippen LogP contribution in [0.2, 0.25) is 0 Å². The lowest BCUT2D eigenvalue weighted by atomic mass is 9.81. The normalized spacial score (nSPS) is 18.6. The molecule has 0 saturated heterocycles. The minimum Gasteiger partial charge on any atom is -0.359 e. The van der Waals surface area contributed by atoms with E-state index in [0.29, 0.717) is 12.1 Å². The first-order valence-corrected chi connectivity index (χ1v) is 9.24. The summed E-state index contributed by atoms with van der Waals surface area (Å²) in [6.45, 7) is 2.52. The van der Waals surface area contributed by atoms with Gasteiger partial charge in [0.1, 0.15) is 0 Å². The van der Waals surface area contributed by atoms with Crippen LogP contribution < -0.4 is 4.90 Å². The molecule has 3 aromatic carbocycles. The Morgan fingerprint density at radius 3 is 2.25 bits per heavy atom. The number of fused-ring (bicyclic) bond motifs is 1. The summed E-state index contributed by atoms with van der Waals surface area (Å²) >= 11 is 0. The molecule has 5 heteroatoms. The molecule has 1 aliphatic heterocycles. The van der Waals surface area contributed by atoms with E-state index in [0.717, 1.165) is 16.8 Å². The minimum atomic E-state index is -0.455. The minimum absolute atomic E-state index is 0.0582. The van der Waals surface area contributed by atoms with Crippen molar-refractivity contribution in [1.82, 2.24) is 0 Å². The van der Waals surface area contributed by atoms with E-state index >= 15 is 0 Å². The van der Waals surface area contributed by atoms with Crippen molar-refractivity contribution >= 4 is 17.2 Å². The van der Waals surface area contributed by atoms with Crippen molar-refractivity contribution in [2.45, 2.75) is 19.5 Å². The zero-order valence-corrected chi connectivity index (χ0v) is 15.5. The van der Waals surface area contributed by atoms with Gasteiger partial charge in [0.15, 0.2) is 5.78 Å². The number of Topliss-reactive ketones (excluding diaryl/α,β-unsaturated/α-hetero) is 1. The van der Waals surface area contributed by atoms with Crippen molar-refractivity contribution in [1.29, 1.82) is 0 Å². The van der Waals surface area contributed by atoms with Crippen LogP contribution >= 0.6 is 0 Å². The molecule has 0 spiro atoms. The first-order chi connectivity index (χ1) is 13.6. The summed E-state index contributed by atoms with van der Waals surface area (Å²) in [5, 5.41) is 11.2. The third kappa shape index (κ3) is 3.16. The van der Waals surface area contributed by atoms with Gasteiger partial charge in [-0.05, 0) is 17.2 Å². The van der Waals surface area contributed by atoms with Crippen molar-refractivity contribution in [2.24, 2.45) is 5.92 Å². The molecule has 0 fully saturated rings. The van der Waals surface area contributed by atoms with E-state index in [1.165, 1.54) is 12.1 Å². The molecule has 1 heterocycles. The fourth-order valence-electron chi connectivity index (χ4n) is 3.98. The van der Waals surface area contributed by atoms with Crippen molar-refractivity contribution in [3.05, 3.63) is 106 Å². The van der Waals surface area contributed by atoms with Gasteiger partial charge in [-0.1, -0.05) is 67.6 Å². The Kier molecular flexibility index (Phi) is 4.65. The van der Waals surface area contributed by atoms with Crippen LogP contribution in [-0.4, -0.2) is 10.7 Å². The molecule has 1 aliphatic rings. The highest BCUT2D eigenvalue weighted by molar-refractivity contribution is 6.05. The number of nitro groups is 1. The highest BCUT2D eigenvalue weighted by Gasteiger charge is 2.39. The largest absolute Gasteiger partial charge is 0.359 e. The fraction of sp³-hybridized carbons (Fsp3) is 0.174. The van der Waals surface area contributed by atoms with Gasteiger partial charge in [0.2, 0.25) is 0 Å². The van der Waals surface area contributed by atoms with Crippen LogP contribution in [0.3, 0.4) is 0 Å². The second kappa shape index (κ2) is 7.27. The monoisotopic (exact) mass is 372 g/mol. The molecule has 140 valence electrons. The highest BCUT2D eigenvalue weighted by atomic mass is 16.6. The third-order valence-corrected chi connectivity index (χ3v) is 5.33. The molecule has 0 amide bonds. The second-order valence-electron chi connectivity index (χ2n) is 7.08. The number of rotatable bonds is 4. The third-order valence-electron chi connectivity index (χ3n) is 5.33. The molecule has 0 bridgehead atoms. The van der Waals surface area contributed by atoms with E-state index in [2.05, 4.69) is 4.90 Å². The summed E-state index contributed by atoms with van der Waals surface area (Å²) in [6, 6.07) is 24.5. The Morgan fingerprint density at radius 1 is 0.964 bits per heavy atom. The van der Waals surface area contributed by atoms with Gasteiger partial charge in [-0.2, -0.15) is 0 Å². The summed E-state index contributed by atoms with van der Waals surface area (Å²) in [5.74, 6) is -0.377. The van der Waals surface area contributed by atoms with Crippen molar-refractivity contribution in [2.75, 3.05) is 4.90 Å². The maximum Gasteiger partial charge on any atom is 0.270 e. The van der Waals surface area contributed by atoms with E-state index < -0.39 is 4.92 Å². The van der Waals surface area contributed by atoms with Crippen molar-refractivity contribution in [3.8, 4) is 0 Å². The summed E-state index contributed by atoms with van der Waals surface area (Å²) < 4.78 is 0. The summed E-state index contributed by atoms with van der Waals surface area (Å²) in [5.41, 5.74) is 3.28. The molecular formula is C23H20N2O3. The van der Waals surface area contributed by atoms with Gasteiger partial charge >= 0.3 is 0 Å². The van der Waals surface area contributed by atoms with Crippen LogP contribution in [0.25, 0.3) is 0 Å². The maximum atomic E-state index is 13.1. The van der Waals surface area contributed by atoms with Crippen LogP contribution in [0.1, 0.15) is 34.5 Å². The number of non-ortho nitro benzene ring substituents is 1. The molecule has 4 rings (SSSR count). The van der Waals surface area contributed by atoms with Crippen LogP contribution in [0.4, 0.5) is 11.4 Å². The highest BCUT2D eigenvalue weighted by Crippen LogP contribution is 2.43. The Bertz CT molecular complexity index is 1020. The molecule has 0 aromatic heterocycles. The summed E-state index contributed by atoms with van der Waals surface area (Å²) in [4.78, 5) is 26.1. The number of anilines is 1. The Morgan fingerprint density at radius 2 is 1.61 bits per heavy atom. The fourth-order valence-corrected chi connectivity index (χ4v) is 3.98. The number of nitro benzene ring substituents is 1. The Labute approximate surface area is 163 Å². The van der Waals surface area contributed by atoms with E-state index in [-0.39, 0.29) is 23.4 Å². The van der Waals surface area contributed by atoms with Gasteiger partial charge in [0, 0.05) is 35.8 Å². The van der Waals surface area contributed by atoms with Crippen LogP contribution in [0.15, 0.2) is 78.9 Å². The average molecular weight is 372 g/mol. The predicted octanol–water partition coefficient (Wildman–Crippen LogP) is 5.18. The van der Waals surface area contributed by atoms with E-state index in [9.17, 15) is 14.9 Å². The molecule has 0 radical (unpaired) electrons. The first kappa shape index (κ1) is 17.9. The molecule has 0 saturated carbocycles. The molecular weight excluding hydrogens is 352 g/mol. The van der Waals surface area contributed by atoms with Gasteiger partial charge < -0.3 is 4.90 Å². The quantitative estimate of drug-likeness (QED) is 0.468. The molecule has 0 N–H and O–H groups in total. The van der Waals surface area contributed by atoms with Gasteiger partial charge in [-0.15, -0.1) is 0 Å². The lowest BCUT2D eigenvalue weighted by Gasteiger charge is -2.42. The Balaban J connectivity index is 1.86. The predicted molar refractivity (Wildman–Crippen MR) is 108 cm³/mol. The molecule has 2 atom stereocenters.